The van der Waals surface area contributed by atoms with Crippen LogP contribution in [0.5, 0.6) is 0 Å². The van der Waals surface area contributed by atoms with Crippen LogP contribution in [-0.2, 0) is 0 Å². The molecule has 1 aliphatic rings. The van der Waals surface area contributed by atoms with E-state index < -0.39 is 0 Å². The van der Waals surface area contributed by atoms with Crippen LogP contribution in [0.15, 0.2) is 39.9 Å². The van der Waals surface area contributed by atoms with Crippen molar-refractivity contribution in [3.8, 4) is 0 Å². The minimum absolute atomic E-state index is 0.306. The average Bonchev–Trinajstić information content (AvgIpc) is 3.16. The zero-order valence-electron chi connectivity index (χ0n) is 10.6. The second kappa shape index (κ2) is 5.58. The smallest absolute Gasteiger partial charge is 0.281 e. The zero-order chi connectivity index (χ0) is 13.9. The molecule has 5 nitrogen and oxygen atoms in total. The molecule has 1 aromatic heterocycles. The van der Waals surface area contributed by atoms with Gasteiger partial charge in [-0.1, -0.05) is 28.1 Å². The number of aromatic amines is 1. The Morgan fingerprint density at radius 1 is 1.45 bits per heavy atom. The van der Waals surface area contributed by atoms with E-state index in [1.807, 2.05) is 24.3 Å². The van der Waals surface area contributed by atoms with Gasteiger partial charge in [0, 0.05) is 16.1 Å². The Labute approximate surface area is 124 Å². The molecule has 0 bridgehead atoms. The van der Waals surface area contributed by atoms with Gasteiger partial charge in [0.25, 0.3) is 5.91 Å². The van der Waals surface area contributed by atoms with Gasteiger partial charge in [-0.05, 0) is 36.6 Å². The van der Waals surface area contributed by atoms with Crippen LogP contribution in [-0.4, -0.2) is 22.3 Å². The summed E-state index contributed by atoms with van der Waals surface area (Å²) in [6, 6.07) is 9.44. The number of aromatic nitrogens is 2. The molecule has 2 aromatic rings. The van der Waals surface area contributed by atoms with E-state index in [0.717, 1.165) is 15.7 Å². The van der Waals surface area contributed by atoms with Crippen LogP contribution in [0.2, 0.25) is 0 Å². The molecule has 0 unspecified atom stereocenters. The van der Waals surface area contributed by atoms with E-state index in [-0.39, 0.29) is 5.91 Å². The van der Waals surface area contributed by atoms with E-state index in [9.17, 15) is 4.79 Å². The van der Waals surface area contributed by atoms with Gasteiger partial charge >= 0.3 is 0 Å². The highest BCUT2D eigenvalue weighted by Crippen LogP contribution is 2.38. The minimum atomic E-state index is -0.306. The maximum Gasteiger partial charge on any atom is 0.291 e. The summed E-state index contributed by atoms with van der Waals surface area (Å²) in [5.41, 5.74) is 4.78. The first-order valence-corrected chi connectivity index (χ1v) is 7.16. The lowest BCUT2D eigenvalue weighted by Gasteiger charge is -1.96. The van der Waals surface area contributed by atoms with E-state index in [2.05, 4.69) is 36.7 Å². The number of benzene rings is 1. The number of nitrogens with zero attached hydrogens (tertiary/aromatic N) is 2. The van der Waals surface area contributed by atoms with Crippen molar-refractivity contribution in [2.24, 2.45) is 5.10 Å². The third kappa shape index (κ3) is 3.14. The Hall–Kier alpha value is -1.95. The van der Waals surface area contributed by atoms with Crippen molar-refractivity contribution >= 4 is 28.1 Å². The van der Waals surface area contributed by atoms with Crippen molar-refractivity contribution in [3.63, 3.8) is 0 Å². The van der Waals surface area contributed by atoms with Crippen LogP contribution in [0.25, 0.3) is 0 Å². The number of hydrogen-bond acceptors (Lipinski definition) is 3. The zero-order valence-corrected chi connectivity index (χ0v) is 12.2. The maximum atomic E-state index is 11.8. The molecule has 1 heterocycles. The molecule has 1 aromatic carbocycles. The first-order valence-electron chi connectivity index (χ1n) is 6.36. The molecule has 0 radical (unpaired) electrons. The number of rotatable bonds is 4. The van der Waals surface area contributed by atoms with Gasteiger partial charge in [0.2, 0.25) is 0 Å². The van der Waals surface area contributed by atoms with E-state index in [4.69, 9.17) is 0 Å². The van der Waals surface area contributed by atoms with Crippen molar-refractivity contribution in [3.05, 3.63) is 51.8 Å². The lowest BCUT2D eigenvalue weighted by Crippen LogP contribution is -2.18. The predicted molar refractivity (Wildman–Crippen MR) is 79.8 cm³/mol. The summed E-state index contributed by atoms with van der Waals surface area (Å²) < 4.78 is 0.967. The van der Waals surface area contributed by atoms with Crippen LogP contribution in [0.3, 0.4) is 0 Å². The van der Waals surface area contributed by atoms with Crippen molar-refractivity contribution in [2.75, 3.05) is 0 Å². The van der Waals surface area contributed by atoms with E-state index >= 15 is 0 Å². The highest BCUT2D eigenvalue weighted by atomic mass is 79.9. The SMILES string of the molecule is O=C(N/N=C\c1cccc(Br)c1)c1cc(C2CC2)[nH]n1. The quantitative estimate of drug-likeness (QED) is 0.667. The number of halogens is 1. The Morgan fingerprint density at radius 2 is 2.30 bits per heavy atom. The van der Waals surface area contributed by atoms with Gasteiger partial charge in [0.1, 0.15) is 0 Å². The number of amides is 1. The molecule has 3 rings (SSSR count). The van der Waals surface area contributed by atoms with Crippen LogP contribution in [0, 0.1) is 0 Å². The van der Waals surface area contributed by atoms with Gasteiger partial charge in [-0.15, -0.1) is 0 Å². The molecular formula is C14H13BrN4O. The minimum Gasteiger partial charge on any atom is -0.281 e. The summed E-state index contributed by atoms with van der Waals surface area (Å²) in [5, 5.41) is 10.8. The normalized spacial score (nSPS) is 14.7. The molecular weight excluding hydrogens is 320 g/mol. The molecule has 1 fully saturated rings. The third-order valence-corrected chi connectivity index (χ3v) is 3.57. The van der Waals surface area contributed by atoms with Gasteiger partial charge in [0.15, 0.2) is 5.69 Å². The van der Waals surface area contributed by atoms with E-state index in [0.29, 0.717) is 11.6 Å². The molecule has 6 heteroatoms. The highest BCUT2D eigenvalue weighted by Gasteiger charge is 2.26. The maximum absolute atomic E-state index is 11.8. The standard InChI is InChI=1S/C14H13BrN4O/c15-11-3-1-2-9(6-11)8-16-19-14(20)13-7-12(17-18-13)10-4-5-10/h1-3,6-8,10H,4-5H2,(H,17,18)(H,19,20)/b16-8-. The number of carbonyl (C=O) groups is 1. The average molecular weight is 333 g/mol. The number of nitrogens with one attached hydrogen (secondary N) is 2. The number of hydrogen-bond donors (Lipinski definition) is 2. The lowest BCUT2D eigenvalue weighted by atomic mass is 10.2. The van der Waals surface area contributed by atoms with Crippen molar-refractivity contribution in [2.45, 2.75) is 18.8 Å². The Balaban J connectivity index is 1.60. The molecule has 1 saturated carbocycles. The molecule has 1 amide bonds. The number of carbonyl (C=O) groups excluding carboxylic acids is 1. The van der Waals surface area contributed by atoms with Gasteiger partial charge in [-0.3, -0.25) is 9.89 Å². The molecule has 20 heavy (non-hydrogen) atoms. The molecule has 1 aliphatic carbocycles. The van der Waals surface area contributed by atoms with Crippen molar-refractivity contribution < 1.29 is 4.79 Å². The Morgan fingerprint density at radius 3 is 3.05 bits per heavy atom. The van der Waals surface area contributed by atoms with Gasteiger partial charge in [0.05, 0.1) is 6.21 Å². The molecule has 2 N–H and O–H groups in total. The fourth-order valence-corrected chi connectivity index (χ4v) is 2.28. The topological polar surface area (TPSA) is 70.1 Å². The second-order valence-electron chi connectivity index (χ2n) is 4.74. The summed E-state index contributed by atoms with van der Waals surface area (Å²) in [6.45, 7) is 0. The predicted octanol–water partition coefficient (Wildman–Crippen LogP) is 2.81. The largest absolute Gasteiger partial charge is 0.291 e. The van der Waals surface area contributed by atoms with Gasteiger partial charge in [-0.25, -0.2) is 5.43 Å². The Kier molecular flexibility index (Phi) is 3.64. The van der Waals surface area contributed by atoms with Crippen LogP contribution < -0.4 is 5.43 Å². The monoisotopic (exact) mass is 332 g/mol. The first kappa shape index (κ1) is 13.1. The fourth-order valence-electron chi connectivity index (χ4n) is 1.87. The highest BCUT2D eigenvalue weighted by molar-refractivity contribution is 9.10. The number of H-pyrrole nitrogens is 1. The van der Waals surface area contributed by atoms with Crippen molar-refractivity contribution in [1.29, 1.82) is 0 Å². The molecule has 0 atom stereocenters. The fraction of sp³-hybridized carbons (Fsp3) is 0.214. The van der Waals surface area contributed by atoms with E-state index in [1.54, 1.807) is 12.3 Å². The third-order valence-electron chi connectivity index (χ3n) is 3.08. The summed E-state index contributed by atoms with van der Waals surface area (Å²) >= 11 is 3.38. The summed E-state index contributed by atoms with van der Waals surface area (Å²) in [6.07, 6.45) is 3.94. The first-order chi connectivity index (χ1) is 9.72. The summed E-state index contributed by atoms with van der Waals surface area (Å²) in [7, 11) is 0. The van der Waals surface area contributed by atoms with E-state index in [1.165, 1.54) is 12.8 Å². The molecule has 102 valence electrons. The van der Waals surface area contributed by atoms with Crippen LogP contribution in [0.4, 0.5) is 0 Å². The Bertz CT molecular complexity index is 661. The molecule has 0 saturated heterocycles. The summed E-state index contributed by atoms with van der Waals surface area (Å²) in [4.78, 5) is 11.8. The summed E-state index contributed by atoms with van der Waals surface area (Å²) in [5.74, 6) is 0.244. The van der Waals surface area contributed by atoms with Crippen molar-refractivity contribution in [1.82, 2.24) is 15.6 Å². The second-order valence-corrected chi connectivity index (χ2v) is 5.65. The van der Waals surface area contributed by atoms with Crippen LogP contribution >= 0.6 is 15.9 Å². The molecule has 0 aliphatic heterocycles. The molecule has 0 spiro atoms. The lowest BCUT2D eigenvalue weighted by molar-refractivity contribution is 0.0950. The van der Waals surface area contributed by atoms with Gasteiger partial charge in [-0.2, -0.15) is 10.2 Å². The number of hydrazone groups is 1. The van der Waals surface area contributed by atoms with Crippen LogP contribution in [0.1, 0.15) is 40.5 Å². The van der Waals surface area contributed by atoms with Gasteiger partial charge < -0.3 is 0 Å².